The van der Waals surface area contributed by atoms with Gasteiger partial charge in [0.15, 0.2) is 0 Å². The summed E-state index contributed by atoms with van der Waals surface area (Å²) in [5.74, 6) is 0.302. The molecule has 2 unspecified atom stereocenters. The minimum atomic E-state index is -4.75. The lowest BCUT2D eigenvalue weighted by atomic mass is 9.96. The largest absolute Gasteiger partial charge is 0.481 e. The number of fused-ring (bicyclic) bond motifs is 2. The van der Waals surface area contributed by atoms with Gasteiger partial charge in [0.2, 0.25) is 5.88 Å². The Balaban J connectivity index is 1.10. The third-order valence-electron chi connectivity index (χ3n) is 11.2. The number of halogens is 4. The zero-order chi connectivity index (χ0) is 39.5. The van der Waals surface area contributed by atoms with E-state index in [9.17, 15) is 22.8 Å². The Labute approximate surface area is 325 Å². The van der Waals surface area contributed by atoms with Gasteiger partial charge in [-0.1, -0.05) is 41.9 Å². The summed E-state index contributed by atoms with van der Waals surface area (Å²) in [6.45, 7) is 5.07. The average molecular weight is 789 g/mol. The van der Waals surface area contributed by atoms with Crippen molar-refractivity contribution < 1.29 is 27.4 Å². The molecule has 2 atom stereocenters. The summed E-state index contributed by atoms with van der Waals surface area (Å²) in [5.41, 5.74) is 4.02. The fraction of sp³-hybridized carbons (Fsp3) is 0.375. The molecule has 0 saturated carbocycles. The molecule has 2 N–H and O–H groups in total. The van der Waals surface area contributed by atoms with Crippen molar-refractivity contribution >= 4 is 39.9 Å². The van der Waals surface area contributed by atoms with Gasteiger partial charge < -0.3 is 25.0 Å². The van der Waals surface area contributed by atoms with E-state index < -0.39 is 17.4 Å². The van der Waals surface area contributed by atoms with Crippen molar-refractivity contribution in [3.63, 3.8) is 0 Å². The number of urea groups is 1. The second kappa shape index (κ2) is 14.4. The quantitative estimate of drug-likeness (QED) is 0.164. The normalized spacial score (nSPS) is 19.6. The van der Waals surface area contributed by atoms with Crippen molar-refractivity contribution in [2.75, 3.05) is 52.3 Å². The molecule has 5 heterocycles. The van der Waals surface area contributed by atoms with E-state index >= 15 is 0 Å². The summed E-state index contributed by atoms with van der Waals surface area (Å²) >= 11 is 7.21. The molecule has 3 aliphatic rings. The highest BCUT2D eigenvalue weighted by molar-refractivity contribution is 6.36. The zero-order valence-electron chi connectivity index (χ0n) is 31.3. The van der Waals surface area contributed by atoms with Crippen molar-refractivity contribution in [1.82, 2.24) is 34.9 Å². The van der Waals surface area contributed by atoms with Crippen molar-refractivity contribution in [3.8, 4) is 28.3 Å². The highest BCUT2D eigenvalue weighted by atomic mass is 35.5. The Morgan fingerprint density at radius 2 is 1.82 bits per heavy atom. The number of pyridine rings is 2. The zero-order valence-corrected chi connectivity index (χ0v) is 32.0. The third kappa shape index (κ3) is 6.60. The number of methoxy groups -OCH3 is 2. The van der Waals surface area contributed by atoms with E-state index in [1.807, 2.05) is 36.1 Å². The summed E-state index contributed by atoms with van der Waals surface area (Å²) in [5, 5.41) is 10.6. The summed E-state index contributed by atoms with van der Waals surface area (Å²) in [6.07, 6.45) is -0.970. The molecular formula is C40H40ClF3N8O4. The molecule has 5 aromatic rings. The Hall–Kier alpha value is -5.25. The van der Waals surface area contributed by atoms with Crippen LogP contribution in [0.2, 0.25) is 5.02 Å². The highest BCUT2D eigenvalue weighted by Gasteiger charge is 2.49. The Morgan fingerprint density at radius 3 is 2.59 bits per heavy atom. The molecule has 8 rings (SSSR count). The molecule has 12 nitrogen and oxygen atoms in total. The fourth-order valence-electron chi connectivity index (χ4n) is 8.43. The summed E-state index contributed by atoms with van der Waals surface area (Å²) in [4.78, 5) is 38.9. The first kappa shape index (κ1) is 37.7. The van der Waals surface area contributed by atoms with Crippen LogP contribution in [-0.2, 0) is 24.4 Å². The third-order valence-corrected chi connectivity index (χ3v) is 11.6. The molecule has 2 aliphatic heterocycles. The number of aryl methyl sites for hydroxylation is 2. The van der Waals surface area contributed by atoms with E-state index in [2.05, 4.69) is 31.7 Å². The van der Waals surface area contributed by atoms with E-state index in [1.165, 1.54) is 13.2 Å². The van der Waals surface area contributed by atoms with Crippen LogP contribution in [-0.4, -0.2) is 88.1 Å². The predicted octanol–water partition coefficient (Wildman–Crippen LogP) is 6.89. The lowest BCUT2D eigenvalue weighted by molar-refractivity contribution is -0.141. The highest BCUT2D eigenvalue weighted by Crippen LogP contribution is 2.47. The maximum Gasteiger partial charge on any atom is 0.433 e. The van der Waals surface area contributed by atoms with Crippen LogP contribution in [0.1, 0.15) is 41.3 Å². The van der Waals surface area contributed by atoms with Gasteiger partial charge in [0.05, 0.1) is 41.6 Å². The van der Waals surface area contributed by atoms with Crippen molar-refractivity contribution in [2.24, 2.45) is 7.05 Å². The number of rotatable bonds is 9. The van der Waals surface area contributed by atoms with E-state index in [0.717, 1.165) is 59.8 Å². The molecule has 2 fully saturated rings. The molecule has 2 saturated heterocycles. The van der Waals surface area contributed by atoms with Gasteiger partial charge in [-0.05, 0) is 61.1 Å². The lowest BCUT2D eigenvalue weighted by Gasteiger charge is -2.28. The standard InChI is InChI=1S/C40H40ClF3N8O4/c1-22-25(7-6-10-28(22)46-35-33-24(19-45-50(2)37(33)53)18-31(48-35)40(42,43)44)26-8-5-9-27(34(26)41)29-17-23-11-12-30(32(23)36(47-29)56-4)51-14-13-39(20-51)21-52(15-16-55-3)38(54)49-39/h5-10,17-19,30H,11-16,20-21H2,1-4H3,(H,46,48)(H,49,54). The molecule has 292 valence electrons. The first-order chi connectivity index (χ1) is 26.8. The van der Waals surface area contributed by atoms with Gasteiger partial charge in [-0.3, -0.25) is 9.69 Å². The number of likely N-dealkylation sites (tertiary alicyclic amines) is 1. The van der Waals surface area contributed by atoms with Gasteiger partial charge in [-0.25, -0.2) is 19.4 Å². The van der Waals surface area contributed by atoms with Crippen LogP contribution in [0.25, 0.3) is 33.2 Å². The Morgan fingerprint density at radius 1 is 1.05 bits per heavy atom. The number of carbonyl (C=O) groups is 1. The van der Waals surface area contributed by atoms with Crippen molar-refractivity contribution in [3.05, 3.63) is 92.5 Å². The second-order valence-electron chi connectivity index (χ2n) is 14.7. The van der Waals surface area contributed by atoms with Crippen molar-refractivity contribution in [1.29, 1.82) is 0 Å². The molecule has 2 amide bonds. The van der Waals surface area contributed by atoms with Gasteiger partial charge in [0.1, 0.15) is 11.5 Å². The SMILES string of the molecule is COCCN1CC2(CCN(C3CCc4cc(-c5cccc(-c6cccc(Nc7nc(C(F)(F)F)cc8cnn(C)c(=O)c78)c6C)c5Cl)nc(OC)c43)C2)NC1=O. The molecule has 1 spiro atoms. The number of alkyl halides is 3. The number of hydrogen-bond acceptors (Lipinski definition) is 9. The van der Waals surface area contributed by atoms with Crippen LogP contribution in [0.4, 0.5) is 29.5 Å². The van der Waals surface area contributed by atoms with Gasteiger partial charge in [-0.2, -0.15) is 18.3 Å². The smallest absolute Gasteiger partial charge is 0.433 e. The second-order valence-corrected chi connectivity index (χ2v) is 15.0. The minimum Gasteiger partial charge on any atom is -0.481 e. The summed E-state index contributed by atoms with van der Waals surface area (Å²) in [7, 11) is 4.67. The van der Waals surface area contributed by atoms with Crippen LogP contribution in [0, 0.1) is 6.92 Å². The van der Waals surface area contributed by atoms with E-state index in [0.29, 0.717) is 58.7 Å². The fourth-order valence-corrected chi connectivity index (χ4v) is 8.75. The average Bonchev–Trinajstić information content (AvgIpc) is 3.88. The number of nitrogens with one attached hydrogen (secondary N) is 2. The first-order valence-electron chi connectivity index (χ1n) is 18.3. The molecule has 16 heteroatoms. The Kier molecular flexibility index (Phi) is 9.66. The van der Waals surface area contributed by atoms with Crippen LogP contribution in [0.15, 0.2) is 59.5 Å². The Bertz CT molecular complexity index is 2440. The monoisotopic (exact) mass is 788 g/mol. The number of nitrogens with zero attached hydrogens (tertiary/aromatic N) is 6. The van der Waals surface area contributed by atoms with E-state index in [4.69, 9.17) is 26.1 Å². The van der Waals surface area contributed by atoms with E-state index in [1.54, 1.807) is 26.4 Å². The molecule has 2 aromatic carbocycles. The molecule has 1 aliphatic carbocycles. The van der Waals surface area contributed by atoms with Crippen LogP contribution < -0.4 is 20.9 Å². The van der Waals surface area contributed by atoms with Gasteiger partial charge in [-0.15, -0.1) is 0 Å². The number of ether oxygens (including phenoxy) is 2. The molecule has 0 radical (unpaired) electrons. The van der Waals surface area contributed by atoms with Gasteiger partial charge >= 0.3 is 12.2 Å². The predicted molar refractivity (Wildman–Crippen MR) is 206 cm³/mol. The topological polar surface area (TPSA) is 127 Å². The molecule has 0 bridgehead atoms. The number of benzene rings is 2. The number of anilines is 2. The lowest BCUT2D eigenvalue weighted by Crippen LogP contribution is -2.46. The molecule has 56 heavy (non-hydrogen) atoms. The van der Waals surface area contributed by atoms with Crippen LogP contribution in [0.5, 0.6) is 5.88 Å². The minimum absolute atomic E-state index is 0.0154. The van der Waals surface area contributed by atoms with E-state index in [-0.39, 0.29) is 34.2 Å². The number of hydrogen-bond donors (Lipinski definition) is 2. The number of aromatic nitrogens is 4. The molecular weight excluding hydrogens is 749 g/mol. The summed E-state index contributed by atoms with van der Waals surface area (Å²) in [6, 6.07) is 13.9. The van der Waals surface area contributed by atoms with Gasteiger partial charge in [0, 0.05) is 74.1 Å². The summed E-state index contributed by atoms with van der Waals surface area (Å²) < 4.78 is 53.8. The maximum atomic E-state index is 13.9. The van der Waals surface area contributed by atoms with Crippen LogP contribution >= 0.6 is 11.6 Å². The molecule has 3 aromatic heterocycles. The number of amides is 2. The maximum absolute atomic E-state index is 13.9. The van der Waals surface area contributed by atoms with Crippen LogP contribution in [0.3, 0.4) is 0 Å². The van der Waals surface area contributed by atoms with Gasteiger partial charge in [0.25, 0.3) is 5.56 Å². The van der Waals surface area contributed by atoms with Crippen molar-refractivity contribution in [2.45, 2.75) is 43.9 Å². The number of carbonyl (C=O) groups excluding carboxylic acids is 1. The first-order valence-corrected chi connectivity index (χ1v) is 18.7.